The lowest BCUT2D eigenvalue weighted by atomic mass is 10.1. The second-order valence-corrected chi connectivity index (χ2v) is 4.86. The quantitative estimate of drug-likeness (QED) is 0.899. The van der Waals surface area contributed by atoms with Crippen LogP contribution in [-0.4, -0.2) is 17.6 Å². The van der Waals surface area contributed by atoms with Crippen LogP contribution >= 0.6 is 0 Å². The van der Waals surface area contributed by atoms with Crippen LogP contribution in [0.3, 0.4) is 0 Å². The van der Waals surface area contributed by atoms with Gasteiger partial charge in [0.25, 0.3) is 0 Å². The summed E-state index contributed by atoms with van der Waals surface area (Å²) in [6.07, 6.45) is 2.54. The molecule has 0 bridgehead atoms. The Hall–Kier alpha value is -2.10. The number of pyridine rings is 1. The summed E-state index contributed by atoms with van der Waals surface area (Å²) in [5, 5.41) is 3.35. The fraction of sp³-hybridized carbons (Fsp3) is 0.267. The van der Waals surface area contributed by atoms with Crippen molar-refractivity contribution < 1.29 is 9.13 Å². The first-order chi connectivity index (χ1) is 9.20. The average molecular weight is 258 g/mol. The van der Waals surface area contributed by atoms with Gasteiger partial charge in [-0.3, -0.25) is 0 Å². The van der Waals surface area contributed by atoms with Gasteiger partial charge in [0.15, 0.2) is 0 Å². The number of benzene rings is 1. The van der Waals surface area contributed by atoms with Gasteiger partial charge in [-0.25, -0.2) is 9.37 Å². The van der Waals surface area contributed by atoms with Crippen LogP contribution in [0.15, 0.2) is 36.5 Å². The number of anilines is 1. The van der Waals surface area contributed by atoms with E-state index in [1.54, 1.807) is 18.3 Å². The molecule has 1 aliphatic heterocycles. The summed E-state index contributed by atoms with van der Waals surface area (Å²) in [5.41, 5.74) is 3.07. The molecule has 1 N–H and O–H groups in total. The number of halogens is 1. The van der Waals surface area contributed by atoms with Crippen LogP contribution in [0.4, 0.5) is 10.1 Å². The molecule has 3 rings (SSSR count). The highest BCUT2D eigenvalue weighted by Crippen LogP contribution is 2.27. The zero-order chi connectivity index (χ0) is 13.2. The van der Waals surface area contributed by atoms with E-state index in [4.69, 9.17) is 4.74 Å². The van der Waals surface area contributed by atoms with E-state index >= 15 is 0 Å². The number of ether oxygens (including phenoxy) is 1. The van der Waals surface area contributed by atoms with Crippen molar-refractivity contribution in [2.75, 3.05) is 11.9 Å². The molecule has 19 heavy (non-hydrogen) atoms. The second-order valence-electron chi connectivity index (χ2n) is 4.86. The number of aromatic nitrogens is 1. The maximum absolute atomic E-state index is 12.9. The molecule has 4 heteroatoms. The number of nitrogens with zero attached hydrogens (tertiary/aromatic N) is 1. The van der Waals surface area contributed by atoms with Gasteiger partial charge in [-0.05, 0) is 42.7 Å². The zero-order valence-corrected chi connectivity index (χ0v) is 10.7. The van der Waals surface area contributed by atoms with Gasteiger partial charge in [0.1, 0.15) is 12.4 Å². The summed E-state index contributed by atoms with van der Waals surface area (Å²) in [5.74, 6) is 0.442. The maximum atomic E-state index is 12.9. The highest BCUT2D eigenvalue weighted by atomic mass is 19.1. The van der Waals surface area contributed by atoms with Crippen molar-refractivity contribution in [2.45, 2.75) is 19.4 Å². The van der Waals surface area contributed by atoms with Crippen LogP contribution in [-0.2, 0) is 6.42 Å². The number of hydrogen-bond donors (Lipinski definition) is 1. The number of hydrogen-bond acceptors (Lipinski definition) is 3. The standard InChI is InChI=1S/C15H15FN2O/c1-10-9-19-15-14(18-10)7-12(8-17-15)6-11-2-4-13(16)5-3-11/h2-5,7-8,10,18H,6,9H2,1H3. The molecule has 0 spiro atoms. The van der Waals surface area contributed by atoms with Crippen molar-refractivity contribution in [3.63, 3.8) is 0 Å². The third-order valence-corrected chi connectivity index (χ3v) is 3.10. The van der Waals surface area contributed by atoms with Crippen LogP contribution in [0.2, 0.25) is 0 Å². The Labute approximate surface area is 111 Å². The van der Waals surface area contributed by atoms with Gasteiger partial charge in [0.2, 0.25) is 5.88 Å². The van der Waals surface area contributed by atoms with Crippen LogP contribution < -0.4 is 10.1 Å². The van der Waals surface area contributed by atoms with Gasteiger partial charge in [0.05, 0.1) is 11.7 Å². The van der Waals surface area contributed by atoms with E-state index in [0.29, 0.717) is 12.5 Å². The van der Waals surface area contributed by atoms with Gasteiger partial charge in [-0.1, -0.05) is 12.1 Å². The SMILES string of the molecule is CC1COc2ncc(Cc3ccc(F)cc3)cc2N1. The van der Waals surface area contributed by atoms with Crippen LogP contribution in [0.25, 0.3) is 0 Å². The van der Waals surface area contributed by atoms with Crippen molar-refractivity contribution in [3.8, 4) is 5.88 Å². The van der Waals surface area contributed by atoms with Crippen LogP contribution in [0, 0.1) is 5.82 Å². The molecule has 1 unspecified atom stereocenters. The number of fused-ring (bicyclic) bond motifs is 1. The third kappa shape index (κ3) is 2.67. The normalized spacial score (nSPS) is 17.3. The minimum atomic E-state index is -0.212. The minimum Gasteiger partial charge on any atom is -0.474 e. The molecule has 0 saturated heterocycles. The smallest absolute Gasteiger partial charge is 0.237 e. The Bertz CT molecular complexity index is 583. The summed E-state index contributed by atoms with van der Waals surface area (Å²) in [6.45, 7) is 2.70. The number of nitrogens with one attached hydrogen (secondary N) is 1. The molecule has 1 aromatic carbocycles. The van der Waals surface area contributed by atoms with Crippen LogP contribution in [0.5, 0.6) is 5.88 Å². The molecule has 1 aromatic heterocycles. The van der Waals surface area contributed by atoms with Crippen molar-refractivity contribution in [2.24, 2.45) is 0 Å². The van der Waals surface area contributed by atoms with Crippen molar-refractivity contribution >= 4 is 5.69 Å². The van der Waals surface area contributed by atoms with E-state index in [2.05, 4.69) is 17.2 Å². The van der Waals surface area contributed by atoms with Crippen molar-refractivity contribution in [3.05, 3.63) is 53.5 Å². The molecule has 1 aliphatic rings. The molecule has 3 nitrogen and oxygen atoms in total. The summed E-state index contributed by atoms with van der Waals surface area (Å²) in [7, 11) is 0. The molecule has 1 atom stereocenters. The minimum absolute atomic E-state index is 0.212. The summed E-state index contributed by atoms with van der Waals surface area (Å²) >= 11 is 0. The lowest BCUT2D eigenvalue weighted by Gasteiger charge is -2.24. The Balaban J connectivity index is 1.82. The molecular formula is C15H15FN2O. The Morgan fingerprint density at radius 1 is 1.32 bits per heavy atom. The summed E-state index contributed by atoms with van der Waals surface area (Å²) in [4.78, 5) is 4.31. The third-order valence-electron chi connectivity index (χ3n) is 3.10. The van der Waals surface area contributed by atoms with Crippen LogP contribution in [0.1, 0.15) is 18.1 Å². The fourth-order valence-corrected chi connectivity index (χ4v) is 2.16. The predicted octanol–water partition coefficient (Wildman–Crippen LogP) is 3.00. The van der Waals surface area contributed by atoms with E-state index in [1.807, 2.05) is 6.07 Å². The highest BCUT2D eigenvalue weighted by molar-refractivity contribution is 5.56. The van der Waals surface area contributed by atoms with Crippen molar-refractivity contribution in [1.29, 1.82) is 0 Å². The molecule has 0 amide bonds. The molecular weight excluding hydrogens is 243 g/mol. The average Bonchev–Trinajstić information content (AvgIpc) is 2.41. The van der Waals surface area contributed by atoms with Crippen molar-refractivity contribution in [1.82, 2.24) is 4.98 Å². The van der Waals surface area contributed by atoms with Gasteiger partial charge >= 0.3 is 0 Å². The fourth-order valence-electron chi connectivity index (χ4n) is 2.16. The van der Waals surface area contributed by atoms with E-state index in [0.717, 1.165) is 23.2 Å². The van der Waals surface area contributed by atoms with Gasteiger partial charge in [-0.2, -0.15) is 0 Å². The first-order valence-corrected chi connectivity index (χ1v) is 6.33. The Kier molecular flexibility index (Phi) is 3.07. The molecule has 0 fully saturated rings. The molecule has 0 aliphatic carbocycles. The lowest BCUT2D eigenvalue weighted by Crippen LogP contribution is -2.28. The topological polar surface area (TPSA) is 34.1 Å². The van der Waals surface area contributed by atoms with E-state index in [-0.39, 0.29) is 11.9 Å². The molecule has 2 aromatic rings. The van der Waals surface area contributed by atoms with Gasteiger partial charge < -0.3 is 10.1 Å². The summed E-state index contributed by atoms with van der Waals surface area (Å²) in [6, 6.07) is 8.87. The monoisotopic (exact) mass is 258 g/mol. The largest absolute Gasteiger partial charge is 0.474 e. The molecule has 98 valence electrons. The predicted molar refractivity (Wildman–Crippen MR) is 72.0 cm³/mol. The first-order valence-electron chi connectivity index (χ1n) is 6.33. The van der Waals surface area contributed by atoms with E-state index in [1.165, 1.54) is 12.1 Å². The second kappa shape index (κ2) is 4.88. The number of rotatable bonds is 2. The van der Waals surface area contributed by atoms with E-state index in [9.17, 15) is 4.39 Å². The first kappa shape index (κ1) is 12.0. The molecule has 0 saturated carbocycles. The highest BCUT2D eigenvalue weighted by Gasteiger charge is 2.16. The Morgan fingerprint density at radius 2 is 2.11 bits per heavy atom. The maximum Gasteiger partial charge on any atom is 0.237 e. The molecule has 0 radical (unpaired) electrons. The molecule has 2 heterocycles. The lowest BCUT2D eigenvalue weighted by molar-refractivity contribution is 0.280. The van der Waals surface area contributed by atoms with E-state index < -0.39 is 0 Å². The summed E-state index contributed by atoms with van der Waals surface area (Å²) < 4.78 is 18.4. The Morgan fingerprint density at radius 3 is 2.89 bits per heavy atom. The van der Waals surface area contributed by atoms with Gasteiger partial charge in [0, 0.05) is 6.20 Å². The van der Waals surface area contributed by atoms with Gasteiger partial charge in [-0.15, -0.1) is 0 Å². The zero-order valence-electron chi connectivity index (χ0n) is 10.7.